The first-order valence-corrected chi connectivity index (χ1v) is 9.59. The molecule has 0 spiro atoms. The highest BCUT2D eigenvalue weighted by molar-refractivity contribution is 6.74. The Morgan fingerprint density at radius 3 is 2.69 bits per heavy atom. The fourth-order valence-corrected chi connectivity index (χ4v) is 5.14. The van der Waals surface area contributed by atoms with Crippen LogP contribution in [-0.4, -0.2) is 30.9 Å². The van der Waals surface area contributed by atoms with Crippen molar-refractivity contribution in [2.24, 2.45) is 5.10 Å². The van der Waals surface area contributed by atoms with E-state index in [0.717, 1.165) is 31.5 Å². The molecule has 1 saturated carbocycles. The Balaban J connectivity index is 2.06. The smallest absolute Gasteiger partial charge is 0.172 e. The topological polar surface area (TPSA) is 32.7 Å². The summed E-state index contributed by atoms with van der Waals surface area (Å²) in [7, 11) is -1.29. The Labute approximate surface area is 99.0 Å². The molecule has 0 radical (unpaired) electrons. The number of hydrazone groups is 1. The van der Waals surface area contributed by atoms with Crippen molar-refractivity contribution in [3.8, 4) is 0 Å². The Morgan fingerprint density at radius 2 is 2.00 bits per heavy atom. The highest BCUT2D eigenvalue weighted by Gasteiger charge is 2.32. The van der Waals surface area contributed by atoms with Crippen molar-refractivity contribution in [3.63, 3.8) is 0 Å². The van der Waals surface area contributed by atoms with Crippen LogP contribution in [0.3, 0.4) is 0 Å². The molecule has 0 N–H and O–H groups in total. The summed E-state index contributed by atoms with van der Waals surface area (Å²) in [6, 6.07) is 1.34. The van der Waals surface area contributed by atoms with Crippen LogP contribution in [0.15, 0.2) is 5.10 Å². The summed E-state index contributed by atoms with van der Waals surface area (Å²) in [5, 5.41) is 4.79. The first-order chi connectivity index (χ1) is 7.58. The average Bonchev–Trinajstić information content (AvgIpc) is 2.21. The number of rotatable bonds is 1. The third kappa shape index (κ3) is 2.73. The fourth-order valence-electron chi connectivity index (χ4n) is 2.59. The molecule has 1 saturated heterocycles. The molecule has 2 fully saturated rings. The zero-order valence-corrected chi connectivity index (χ0v) is 11.5. The van der Waals surface area contributed by atoms with E-state index in [2.05, 4.69) is 17.8 Å². The molecule has 4 heteroatoms. The van der Waals surface area contributed by atoms with Gasteiger partial charge in [0.1, 0.15) is 5.78 Å². The van der Waals surface area contributed by atoms with Gasteiger partial charge >= 0.3 is 0 Å². The summed E-state index contributed by atoms with van der Waals surface area (Å²) < 4.78 is 2.35. The van der Waals surface area contributed by atoms with Crippen molar-refractivity contribution < 1.29 is 4.79 Å². The largest absolute Gasteiger partial charge is 0.324 e. The van der Waals surface area contributed by atoms with Crippen molar-refractivity contribution in [1.29, 1.82) is 0 Å². The molecule has 1 aliphatic heterocycles. The second-order valence-electron chi connectivity index (χ2n) is 5.63. The highest BCUT2D eigenvalue weighted by Crippen LogP contribution is 2.26. The lowest BCUT2D eigenvalue weighted by Crippen LogP contribution is -2.49. The monoisotopic (exact) mass is 238 g/mol. The van der Waals surface area contributed by atoms with Crippen LogP contribution in [0.25, 0.3) is 0 Å². The van der Waals surface area contributed by atoms with Gasteiger partial charge in [-0.3, -0.25) is 4.79 Å². The number of Topliss-reactive ketones (excluding diaryl/α,β-unsaturated/α-hetero) is 1. The number of carbonyl (C=O) groups excluding carboxylic acids is 1. The number of ketones is 1. The van der Waals surface area contributed by atoms with E-state index in [9.17, 15) is 4.79 Å². The predicted octanol–water partition coefficient (Wildman–Crippen LogP) is 2.79. The van der Waals surface area contributed by atoms with Gasteiger partial charge in [0, 0.05) is 25.1 Å². The second-order valence-corrected chi connectivity index (χ2v) is 10.3. The summed E-state index contributed by atoms with van der Waals surface area (Å²) in [6.45, 7) is 5.89. The lowest BCUT2D eigenvalue weighted by molar-refractivity contribution is -0.118. The zero-order chi connectivity index (χ0) is 11.6. The molecule has 1 heterocycles. The molecule has 0 atom stereocenters. The summed E-state index contributed by atoms with van der Waals surface area (Å²) in [5.74, 6) is 0.376. The summed E-state index contributed by atoms with van der Waals surface area (Å²) in [6.07, 6.45) is 6.04. The first-order valence-electron chi connectivity index (χ1n) is 6.44. The average molecular weight is 238 g/mol. The van der Waals surface area contributed by atoms with Gasteiger partial charge in [0.05, 0.1) is 0 Å². The maximum atomic E-state index is 11.4. The number of hydrogen-bond donors (Lipinski definition) is 0. The molecule has 1 aliphatic carbocycles. The van der Waals surface area contributed by atoms with E-state index < -0.39 is 8.24 Å². The quantitative estimate of drug-likeness (QED) is 0.658. The molecule has 0 unspecified atom stereocenters. The molecule has 3 nitrogen and oxygen atoms in total. The molecular weight excluding hydrogens is 216 g/mol. The van der Waals surface area contributed by atoms with Gasteiger partial charge in [0.15, 0.2) is 8.24 Å². The maximum Gasteiger partial charge on any atom is 0.172 e. The maximum absolute atomic E-state index is 11.4. The Bertz CT molecular complexity index is 312. The summed E-state index contributed by atoms with van der Waals surface area (Å²) >= 11 is 0. The zero-order valence-electron chi connectivity index (χ0n) is 10.5. The molecule has 0 aromatic carbocycles. The van der Waals surface area contributed by atoms with Gasteiger partial charge in [-0.05, 0) is 25.3 Å². The molecular formula is C12H22N2OSi. The van der Waals surface area contributed by atoms with Gasteiger partial charge in [-0.25, -0.2) is 0 Å². The van der Waals surface area contributed by atoms with Crippen LogP contribution in [0.1, 0.15) is 38.5 Å². The Morgan fingerprint density at radius 1 is 1.19 bits per heavy atom. The lowest BCUT2D eigenvalue weighted by atomic mass is 9.97. The van der Waals surface area contributed by atoms with E-state index in [1.807, 2.05) is 0 Å². The highest BCUT2D eigenvalue weighted by atomic mass is 28.3. The van der Waals surface area contributed by atoms with Crippen molar-refractivity contribution in [3.05, 3.63) is 0 Å². The van der Waals surface area contributed by atoms with E-state index in [0.29, 0.717) is 12.2 Å². The van der Waals surface area contributed by atoms with Gasteiger partial charge in [0.2, 0.25) is 0 Å². The van der Waals surface area contributed by atoms with Crippen LogP contribution in [0.2, 0.25) is 19.1 Å². The molecule has 90 valence electrons. The van der Waals surface area contributed by atoms with Crippen molar-refractivity contribution in [1.82, 2.24) is 4.67 Å². The molecule has 16 heavy (non-hydrogen) atoms. The van der Waals surface area contributed by atoms with Crippen LogP contribution in [0, 0.1) is 0 Å². The van der Waals surface area contributed by atoms with E-state index >= 15 is 0 Å². The van der Waals surface area contributed by atoms with E-state index in [4.69, 9.17) is 5.10 Å². The van der Waals surface area contributed by atoms with Crippen LogP contribution in [-0.2, 0) is 4.79 Å². The van der Waals surface area contributed by atoms with E-state index in [1.54, 1.807) is 0 Å². The summed E-state index contributed by atoms with van der Waals surface area (Å²) in [4.78, 5) is 11.4. The van der Waals surface area contributed by atoms with Crippen molar-refractivity contribution in [2.45, 2.75) is 57.7 Å². The first kappa shape index (κ1) is 11.8. The molecule has 2 aliphatic rings. The van der Waals surface area contributed by atoms with Crippen LogP contribution in [0.4, 0.5) is 0 Å². The fraction of sp³-hybridized carbons (Fsp3) is 0.833. The van der Waals surface area contributed by atoms with Gasteiger partial charge in [-0.1, -0.05) is 19.5 Å². The standard InChI is InChI=1S/C12H22N2OSi/c1-16(2)9-4-3-8-14(16)13-11-6-5-7-12(15)10-11/h3-10H2,1-2H3. The SMILES string of the molecule is C[Si]1(C)CCCCN1N=C1CCCC(=O)C1. The third-order valence-corrected chi connectivity index (χ3v) is 6.99. The van der Waals surface area contributed by atoms with Crippen LogP contribution >= 0.6 is 0 Å². The van der Waals surface area contributed by atoms with Crippen molar-refractivity contribution >= 4 is 19.7 Å². The normalized spacial score (nSPS) is 28.5. The third-order valence-electron chi connectivity index (χ3n) is 3.69. The molecule has 0 bridgehead atoms. The molecule has 0 aromatic rings. The van der Waals surface area contributed by atoms with Crippen LogP contribution in [0.5, 0.6) is 0 Å². The van der Waals surface area contributed by atoms with Gasteiger partial charge in [-0.2, -0.15) is 5.10 Å². The summed E-state index contributed by atoms with van der Waals surface area (Å²) in [5.41, 5.74) is 1.14. The van der Waals surface area contributed by atoms with E-state index in [1.165, 1.54) is 18.9 Å². The lowest BCUT2D eigenvalue weighted by Gasteiger charge is -2.39. The van der Waals surface area contributed by atoms with Gasteiger partial charge in [0.25, 0.3) is 0 Å². The van der Waals surface area contributed by atoms with Gasteiger partial charge in [-0.15, -0.1) is 0 Å². The molecule has 0 amide bonds. The minimum Gasteiger partial charge on any atom is -0.324 e. The Hall–Kier alpha value is -0.643. The van der Waals surface area contributed by atoms with Gasteiger partial charge < -0.3 is 4.67 Å². The number of nitrogens with zero attached hydrogens (tertiary/aromatic N) is 2. The predicted molar refractivity (Wildman–Crippen MR) is 69.1 cm³/mol. The van der Waals surface area contributed by atoms with Crippen LogP contribution < -0.4 is 0 Å². The minimum atomic E-state index is -1.29. The number of carbonyl (C=O) groups is 1. The Kier molecular flexibility index (Phi) is 3.47. The second kappa shape index (κ2) is 4.70. The molecule has 2 rings (SSSR count). The minimum absolute atomic E-state index is 0.376. The molecule has 0 aromatic heterocycles. The van der Waals surface area contributed by atoms with Crippen molar-refractivity contribution in [2.75, 3.05) is 6.54 Å². The van der Waals surface area contributed by atoms with E-state index in [-0.39, 0.29) is 0 Å². The number of hydrogen-bond acceptors (Lipinski definition) is 3.